The molecule has 0 spiro atoms. The SMILES string of the molecule is Cc1ccc2ncc(CN3CCOC(C)(c4cnn(C)c4)C3)n2c1. The molecule has 0 radical (unpaired) electrons. The topological polar surface area (TPSA) is 47.6 Å². The number of hydrogen-bond donors (Lipinski definition) is 0. The van der Waals surface area contributed by atoms with Crippen LogP contribution in [0.2, 0.25) is 0 Å². The highest BCUT2D eigenvalue weighted by Gasteiger charge is 2.35. The van der Waals surface area contributed by atoms with Crippen LogP contribution in [0.1, 0.15) is 23.7 Å². The molecule has 6 heteroatoms. The minimum atomic E-state index is -0.317. The maximum Gasteiger partial charge on any atom is 0.136 e. The highest BCUT2D eigenvalue weighted by atomic mass is 16.5. The highest BCUT2D eigenvalue weighted by Crippen LogP contribution is 2.29. The molecule has 0 aromatic carbocycles. The number of rotatable bonds is 3. The molecule has 4 heterocycles. The summed E-state index contributed by atoms with van der Waals surface area (Å²) in [7, 11) is 1.94. The van der Waals surface area contributed by atoms with Crippen molar-refractivity contribution < 1.29 is 4.74 Å². The Morgan fingerprint density at radius 1 is 1.25 bits per heavy atom. The molecule has 0 amide bonds. The summed E-state index contributed by atoms with van der Waals surface area (Å²) in [6.07, 6.45) is 8.08. The molecule has 1 aliphatic rings. The molecule has 3 aromatic rings. The molecule has 1 fully saturated rings. The molecule has 0 N–H and O–H groups in total. The van der Waals surface area contributed by atoms with E-state index in [1.807, 2.05) is 30.3 Å². The van der Waals surface area contributed by atoms with Gasteiger partial charge in [0.05, 0.1) is 24.7 Å². The Labute approximate surface area is 141 Å². The van der Waals surface area contributed by atoms with Crippen LogP contribution in [0, 0.1) is 6.92 Å². The molecule has 1 saturated heterocycles. The maximum atomic E-state index is 6.10. The number of aromatic nitrogens is 4. The fourth-order valence-electron chi connectivity index (χ4n) is 3.44. The predicted molar refractivity (Wildman–Crippen MR) is 91.7 cm³/mol. The van der Waals surface area contributed by atoms with Gasteiger partial charge in [0.25, 0.3) is 0 Å². The van der Waals surface area contributed by atoms with Gasteiger partial charge in [-0.25, -0.2) is 4.98 Å². The van der Waals surface area contributed by atoms with Gasteiger partial charge in [-0.2, -0.15) is 5.10 Å². The zero-order chi connectivity index (χ0) is 16.7. The van der Waals surface area contributed by atoms with Crippen molar-refractivity contribution in [2.24, 2.45) is 7.05 Å². The van der Waals surface area contributed by atoms with Gasteiger partial charge >= 0.3 is 0 Å². The van der Waals surface area contributed by atoms with E-state index < -0.39 is 0 Å². The van der Waals surface area contributed by atoms with Gasteiger partial charge in [0, 0.05) is 44.6 Å². The van der Waals surface area contributed by atoms with Crippen molar-refractivity contribution in [2.75, 3.05) is 19.7 Å². The lowest BCUT2D eigenvalue weighted by Gasteiger charge is -2.40. The van der Waals surface area contributed by atoms with Crippen LogP contribution in [0.25, 0.3) is 5.65 Å². The second kappa shape index (κ2) is 5.72. The Morgan fingerprint density at radius 3 is 2.92 bits per heavy atom. The Morgan fingerprint density at radius 2 is 2.12 bits per heavy atom. The summed E-state index contributed by atoms with van der Waals surface area (Å²) < 4.78 is 10.1. The Bertz CT molecular complexity index is 867. The summed E-state index contributed by atoms with van der Waals surface area (Å²) in [5.74, 6) is 0. The molecule has 0 saturated carbocycles. The predicted octanol–water partition coefficient (Wildman–Crippen LogP) is 2.12. The van der Waals surface area contributed by atoms with Gasteiger partial charge in [0.15, 0.2) is 0 Å². The number of nitrogens with zero attached hydrogens (tertiary/aromatic N) is 5. The second-order valence-electron chi connectivity index (χ2n) is 6.88. The molecule has 24 heavy (non-hydrogen) atoms. The van der Waals surface area contributed by atoms with Crippen molar-refractivity contribution in [3.8, 4) is 0 Å². The second-order valence-corrected chi connectivity index (χ2v) is 6.88. The number of aryl methyl sites for hydroxylation is 2. The molecule has 0 aliphatic carbocycles. The quantitative estimate of drug-likeness (QED) is 0.740. The van der Waals surface area contributed by atoms with E-state index in [-0.39, 0.29) is 5.60 Å². The van der Waals surface area contributed by atoms with Crippen molar-refractivity contribution >= 4 is 5.65 Å². The van der Waals surface area contributed by atoms with E-state index in [1.165, 1.54) is 11.3 Å². The fourth-order valence-corrected chi connectivity index (χ4v) is 3.44. The molecule has 6 nitrogen and oxygen atoms in total. The van der Waals surface area contributed by atoms with Crippen LogP contribution in [-0.2, 0) is 23.9 Å². The van der Waals surface area contributed by atoms with Crippen molar-refractivity contribution in [1.29, 1.82) is 0 Å². The summed E-state index contributed by atoms with van der Waals surface area (Å²) in [5.41, 5.74) is 4.26. The summed E-state index contributed by atoms with van der Waals surface area (Å²) in [6.45, 7) is 7.61. The van der Waals surface area contributed by atoms with E-state index in [1.54, 1.807) is 0 Å². The van der Waals surface area contributed by atoms with E-state index in [9.17, 15) is 0 Å². The van der Waals surface area contributed by atoms with Crippen LogP contribution in [-0.4, -0.2) is 43.8 Å². The monoisotopic (exact) mass is 325 g/mol. The largest absolute Gasteiger partial charge is 0.368 e. The normalized spacial score (nSPS) is 22.3. The van der Waals surface area contributed by atoms with Gasteiger partial charge in [0.2, 0.25) is 0 Å². The smallest absolute Gasteiger partial charge is 0.136 e. The van der Waals surface area contributed by atoms with E-state index in [0.717, 1.165) is 37.5 Å². The van der Waals surface area contributed by atoms with E-state index >= 15 is 0 Å². The number of pyridine rings is 1. The molecule has 0 bridgehead atoms. The van der Waals surface area contributed by atoms with Crippen LogP contribution in [0.15, 0.2) is 36.9 Å². The van der Waals surface area contributed by atoms with Crippen molar-refractivity contribution in [2.45, 2.75) is 26.0 Å². The third-order valence-corrected chi connectivity index (χ3v) is 4.78. The molecule has 1 aliphatic heterocycles. The van der Waals surface area contributed by atoms with E-state index in [2.05, 4.69) is 51.6 Å². The van der Waals surface area contributed by atoms with Crippen LogP contribution < -0.4 is 0 Å². The van der Waals surface area contributed by atoms with Crippen LogP contribution in [0.3, 0.4) is 0 Å². The summed E-state index contributed by atoms with van der Waals surface area (Å²) in [5, 5.41) is 4.29. The van der Waals surface area contributed by atoms with Crippen LogP contribution in [0.5, 0.6) is 0 Å². The maximum absolute atomic E-state index is 6.10. The zero-order valence-electron chi connectivity index (χ0n) is 14.4. The number of ether oxygens (including phenoxy) is 1. The summed E-state index contributed by atoms with van der Waals surface area (Å²) in [4.78, 5) is 6.95. The van der Waals surface area contributed by atoms with Gasteiger partial charge < -0.3 is 9.14 Å². The molecule has 1 unspecified atom stereocenters. The Kier molecular flexibility index (Phi) is 3.66. The molecule has 3 aromatic heterocycles. The lowest BCUT2D eigenvalue weighted by atomic mass is 9.97. The Balaban J connectivity index is 1.57. The van der Waals surface area contributed by atoms with E-state index in [0.29, 0.717) is 0 Å². The third kappa shape index (κ3) is 2.72. The van der Waals surface area contributed by atoms with Crippen molar-refractivity contribution in [3.05, 3.63) is 53.7 Å². The minimum absolute atomic E-state index is 0.317. The summed E-state index contributed by atoms with van der Waals surface area (Å²) in [6, 6.07) is 4.16. The average molecular weight is 325 g/mol. The van der Waals surface area contributed by atoms with Gasteiger partial charge in [-0.1, -0.05) is 6.07 Å². The molecule has 1 atom stereocenters. The lowest BCUT2D eigenvalue weighted by Crippen LogP contribution is -2.47. The number of morpholine rings is 1. The molecular formula is C18H23N5O. The van der Waals surface area contributed by atoms with Crippen LogP contribution >= 0.6 is 0 Å². The first-order valence-electron chi connectivity index (χ1n) is 8.31. The lowest BCUT2D eigenvalue weighted by molar-refractivity contribution is -0.105. The Hall–Kier alpha value is -2.18. The van der Waals surface area contributed by atoms with Gasteiger partial charge in [-0.3, -0.25) is 9.58 Å². The van der Waals surface area contributed by atoms with Crippen LogP contribution in [0.4, 0.5) is 0 Å². The standard InChI is InChI=1S/C18H23N5O/c1-14-4-5-17-19-9-16(23(17)10-14)12-22-6-7-24-18(2,13-22)15-8-20-21(3)11-15/h4-5,8-11H,6-7,12-13H2,1-3H3. The first-order chi connectivity index (χ1) is 11.5. The van der Waals surface area contributed by atoms with Gasteiger partial charge in [-0.15, -0.1) is 0 Å². The third-order valence-electron chi connectivity index (χ3n) is 4.78. The summed E-state index contributed by atoms with van der Waals surface area (Å²) >= 11 is 0. The zero-order valence-corrected chi connectivity index (χ0v) is 14.4. The first kappa shape index (κ1) is 15.4. The molecule has 4 rings (SSSR count). The molecular weight excluding hydrogens is 302 g/mol. The first-order valence-corrected chi connectivity index (χ1v) is 8.31. The average Bonchev–Trinajstić information content (AvgIpc) is 3.15. The number of imidazole rings is 1. The molecule has 126 valence electrons. The minimum Gasteiger partial charge on any atom is -0.368 e. The van der Waals surface area contributed by atoms with Crippen molar-refractivity contribution in [3.63, 3.8) is 0 Å². The van der Waals surface area contributed by atoms with Crippen molar-refractivity contribution in [1.82, 2.24) is 24.1 Å². The number of fused-ring (bicyclic) bond motifs is 1. The number of hydrogen-bond acceptors (Lipinski definition) is 4. The fraction of sp³-hybridized carbons (Fsp3) is 0.444. The van der Waals surface area contributed by atoms with Gasteiger partial charge in [0.1, 0.15) is 11.2 Å². The van der Waals surface area contributed by atoms with E-state index in [4.69, 9.17) is 4.74 Å². The van der Waals surface area contributed by atoms with Gasteiger partial charge in [-0.05, 0) is 25.5 Å². The highest BCUT2D eigenvalue weighted by molar-refractivity contribution is 5.41.